The predicted molar refractivity (Wildman–Crippen MR) is 157 cm³/mol. The number of H-pyrrole nitrogens is 1. The van der Waals surface area contributed by atoms with Crippen LogP contribution in [0.3, 0.4) is 0 Å². The average Bonchev–Trinajstić information content (AvgIpc) is 3.63. The number of anilines is 1. The van der Waals surface area contributed by atoms with Gasteiger partial charge in [0.15, 0.2) is 0 Å². The Morgan fingerprint density at radius 3 is 2.54 bits per heavy atom. The van der Waals surface area contributed by atoms with E-state index in [1.807, 2.05) is 30.3 Å². The lowest BCUT2D eigenvalue weighted by atomic mass is 10.1. The van der Waals surface area contributed by atoms with Gasteiger partial charge in [0.1, 0.15) is 16.7 Å². The molecule has 2 heterocycles. The molecular formula is C29H23Cl2N7O3. The molecule has 12 heteroatoms. The Kier molecular flexibility index (Phi) is 8.42. The van der Waals surface area contributed by atoms with Gasteiger partial charge in [-0.1, -0.05) is 70.9 Å². The van der Waals surface area contributed by atoms with Crippen LogP contribution in [-0.4, -0.2) is 42.1 Å². The van der Waals surface area contributed by atoms with Crippen molar-refractivity contribution in [2.24, 2.45) is 0 Å². The zero-order valence-corrected chi connectivity index (χ0v) is 22.8. The Morgan fingerprint density at radius 1 is 1.05 bits per heavy atom. The SMILES string of the molecule is O=C(O)Nc1ccc(-c2nc([C@H](Cc3ccccc3)NC(=O)/C=C/c3cc(Cl)ccc3-n3ccnn3)[nH]c2Cl)cc1. The third kappa shape index (κ3) is 6.99. The molecule has 0 fully saturated rings. The third-order valence-corrected chi connectivity index (χ3v) is 6.60. The molecular weight excluding hydrogens is 565 g/mol. The van der Waals surface area contributed by atoms with E-state index in [1.165, 1.54) is 6.08 Å². The molecule has 3 aromatic carbocycles. The average molecular weight is 588 g/mol. The van der Waals surface area contributed by atoms with Crippen molar-refractivity contribution < 1.29 is 14.7 Å². The summed E-state index contributed by atoms with van der Waals surface area (Å²) < 4.78 is 1.59. The second kappa shape index (κ2) is 12.5. The highest BCUT2D eigenvalue weighted by Gasteiger charge is 2.21. The summed E-state index contributed by atoms with van der Waals surface area (Å²) in [5.41, 5.74) is 3.96. The number of carboxylic acid groups (broad SMARTS) is 1. The van der Waals surface area contributed by atoms with E-state index in [1.54, 1.807) is 65.6 Å². The van der Waals surface area contributed by atoms with Crippen LogP contribution in [0, 0.1) is 0 Å². The van der Waals surface area contributed by atoms with Crippen molar-refractivity contribution in [1.82, 2.24) is 30.3 Å². The number of aromatic amines is 1. The highest BCUT2D eigenvalue weighted by atomic mass is 35.5. The van der Waals surface area contributed by atoms with E-state index in [-0.39, 0.29) is 11.1 Å². The van der Waals surface area contributed by atoms with Gasteiger partial charge in [-0.25, -0.2) is 14.5 Å². The van der Waals surface area contributed by atoms with E-state index in [0.29, 0.717) is 45.5 Å². The number of nitrogens with zero attached hydrogens (tertiary/aromatic N) is 4. The van der Waals surface area contributed by atoms with E-state index in [9.17, 15) is 9.59 Å². The van der Waals surface area contributed by atoms with Gasteiger partial charge in [0.2, 0.25) is 5.91 Å². The van der Waals surface area contributed by atoms with E-state index >= 15 is 0 Å². The number of carbonyl (C=O) groups is 2. The third-order valence-electron chi connectivity index (χ3n) is 6.09. The lowest BCUT2D eigenvalue weighted by Gasteiger charge is -2.16. The second-order valence-electron chi connectivity index (χ2n) is 8.93. The maximum Gasteiger partial charge on any atom is 0.409 e. The number of benzene rings is 3. The standard InChI is InChI=1S/C29H23Cl2N7O3/c30-21-9-12-24(38-15-14-32-37-38)20(17-21)8-13-25(39)34-23(16-18-4-2-1-3-5-18)28-35-26(27(31)36-28)19-6-10-22(11-7-19)33-29(40)41/h1-15,17,23,33H,16H2,(H,34,39)(H,35,36)(H,40,41)/b13-8+/t23-/m0/s1. The molecule has 10 nitrogen and oxygen atoms in total. The summed E-state index contributed by atoms with van der Waals surface area (Å²) in [5, 5.41) is 22.9. The Bertz CT molecular complexity index is 1690. The molecule has 2 aromatic heterocycles. The number of rotatable bonds is 9. The maximum absolute atomic E-state index is 13.2. The monoisotopic (exact) mass is 587 g/mol. The Balaban J connectivity index is 1.40. The number of aromatic nitrogens is 5. The first-order chi connectivity index (χ1) is 19.9. The molecule has 5 rings (SSSR count). The maximum atomic E-state index is 13.2. The molecule has 0 aliphatic rings. The van der Waals surface area contributed by atoms with Crippen molar-refractivity contribution in [3.63, 3.8) is 0 Å². The van der Waals surface area contributed by atoms with Crippen LogP contribution in [0.15, 0.2) is 91.3 Å². The van der Waals surface area contributed by atoms with Crippen molar-refractivity contribution >= 4 is 47.0 Å². The van der Waals surface area contributed by atoms with Crippen molar-refractivity contribution in [3.8, 4) is 16.9 Å². The predicted octanol–water partition coefficient (Wildman–Crippen LogP) is 6.17. The van der Waals surface area contributed by atoms with Crippen LogP contribution in [0.5, 0.6) is 0 Å². The molecule has 0 saturated carbocycles. The Hall–Kier alpha value is -4.93. The van der Waals surface area contributed by atoms with Gasteiger partial charge in [0.25, 0.3) is 0 Å². The Morgan fingerprint density at radius 2 is 1.83 bits per heavy atom. The lowest BCUT2D eigenvalue weighted by Crippen LogP contribution is -2.29. The topological polar surface area (TPSA) is 138 Å². The van der Waals surface area contributed by atoms with Crippen LogP contribution < -0.4 is 10.6 Å². The van der Waals surface area contributed by atoms with E-state index < -0.39 is 12.1 Å². The molecule has 0 saturated heterocycles. The molecule has 1 atom stereocenters. The van der Waals surface area contributed by atoms with Crippen LogP contribution in [0.4, 0.5) is 10.5 Å². The molecule has 41 heavy (non-hydrogen) atoms. The summed E-state index contributed by atoms with van der Waals surface area (Å²) in [5.74, 6) is 0.114. The van der Waals surface area contributed by atoms with Gasteiger partial charge in [0, 0.05) is 27.9 Å². The fraction of sp³-hybridized carbons (Fsp3) is 0.0690. The van der Waals surface area contributed by atoms with E-state index in [2.05, 4.69) is 25.9 Å². The Labute approximate surface area is 244 Å². The van der Waals surface area contributed by atoms with Gasteiger partial charge in [-0.3, -0.25) is 10.1 Å². The quantitative estimate of drug-likeness (QED) is 0.152. The number of halogens is 2. The number of hydrogen-bond donors (Lipinski definition) is 4. The molecule has 5 aromatic rings. The highest BCUT2D eigenvalue weighted by Crippen LogP contribution is 2.29. The van der Waals surface area contributed by atoms with Crippen LogP contribution in [-0.2, 0) is 11.2 Å². The minimum absolute atomic E-state index is 0.290. The lowest BCUT2D eigenvalue weighted by molar-refractivity contribution is -0.117. The molecule has 0 aliphatic heterocycles. The zero-order valence-electron chi connectivity index (χ0n) is 21.3. The smallest absolute Gasteiger partial charge is 0.409 e. The molecule has 0 spiro atoms. The van der Waals surface area contributed by atoms with Crippen LogP contribution in [0.2, 0.25) is 10.2 Å². The summed E-state index contributed by atoms with van der Waals surface area (Å²) in [4.78, 5) is 31.9. The number of carbonyl (C=O) groups excluding carboxylic acids is 1. The largest absolute Gasteiger partial charge is 0.465 e. The van der Waals surface area contributed by atoms with E-state index in [4.69, 9.17) is 33.3 Å². The van der Waals surface area contributed by atoms with Gasteiger partial charge in [-0.2, -0.15) is 0 Å². The van der Waals surface area contributed by atoms with Gasteiger partial charge in [0.05, 0.1) is 24.1 Å². The van der Waals surface area contributed by atoms with Gasteiger partial charge in [-0.05, 0) is 48.4 Å². The number of amides is 2. The van der Waals surface area contributed by atoms with Crippen LogP contribution in [0.25, 0.3) is 23.0 Å². The normalized spacial score (nSPS) is 11.9. The fourth-order valence-electron chi connectivity index (χ4n) is 4.22. The van der Waals surface area contributed by atoms with Crippen molar-refractivity contribution in [3.05, 3.63) is 118 Å². The minimum atomic E-state index is -1.16. The van der Waals surface area contributed by atoms with Gasteiger partial charge in [-0.15, -0.1) is 5.10 Å². The van der Waals surface area contributed by atoms with Crippen molar-refractivity contribution in [2.75, 3.05) is 5.32 Å². The first kappa shape index (κ1) is 27.6. The molecule has 4 N–H and O–H groups in total. The second-order valence-corrected chi connectivity index (χ2v) is 9.74. The summed E-state index contributed by atoms with van der Waals surface area (Å²) in [6, 6.07) is 21.1. The number of imidazole rings is 1. The van der Waals surface area contributed by atoms with Gasteiger partial charge < -0.3 is 15.4 Å². The van der Waals surface area contributed by atoms with Crippen LogP contribution in [0.1, 0.15) is 23.0 Å². The first-order valence-corrected chi connectivity index (χ1v) is 13.2. The summed E-state index contributed by atoms with van der Waals surface area (Å²) in [6.07, 6.45) is 5.63. The summed E-state index contributed by atoms with van der Waals surface area (Å²) in [7, 11) is 0. The molecule has 206 valence electrons. The van der Waals surface area contributed by atoms with Crippen LogP contribution >= 0.6 is 23.2 Å². The number of nitrogens with one attached hydrogen (secondary N) is 3. The first-order valence-electron chi connectivity index (χ1n) is 12.4. The molecule has 0 bridgehead atoms. The molecule has 2 amide bonds. The summed E-state index contributed by atoms with van der Waals surface area (Å²) >= 11 is 12.7. The zero-order chi connectivity index (χ0) is 28.8. The fourth-order valence-corrected chi connectivity index (χ4v) is 4.64. The molecule has 0 aliphatic carbocycles. The summed E-state index contributed by atoms with van der Waals surface area (Å²) in [6.45, 7) is 0. The molecule has 0 unspecified atom stereocenters. The minimum Gasteiger partial charge on any atom is -0.465 e. The number of hydrogen-bond acceptors (Lipinski definition) is 5. The van der Waals surface area contributed by atoms with Crippen molar-refractivity contribution in [1.29, 1.82) is 0 Å². The van der Waals surface area contributed by atoms with Crippen molar-refractivity contribution in [2.45, 2.75) is 12.5 Å². The van der Waals surface area contributed by atoms with Gasteiger partial charge >= 0.3 is 6.09 Å². The van der Waals surface area contributed by atoms with E-state index in [0.717, 1.165) is 5.56 Å². The molecule has 0 radical (unpaired) electrons. The highest BCUT2D eigenvalue weighted by molar-refractivity contribution is 6.32.